The maximum Gasteiger partial charge on any atom is 0.0180 e. The van der Waals surface area contributed by atoms with Crippen molar-refractivity contribution in [3.8, 4) is 0 Å². The Bertz CT molecular complexity index is 134. The van der Waals surface area contributed by atoms with Crippen LogP contribution in [0.5, 0.6) is 0 Å². The highest BCUT2D eigenvalue weighted by atomic mass is 35.5. The van der Waals surface area contributed by atoms with Crippen LogP contribution in [0.15, 0.2) is 23.3 Å². The van der Waals surface area contributed by atoms with Gasteiger partial charge in [0.15, 0.2) is 0 Å². The number of hydrogen-bond donors (Lipinski definition) is 0. The lowest BCUT2D eigenvalue weighted by molar-refractivity contribution is 0.752. The Morgan fingerprint density at radius 1 is 1.33 bits per heavy atom. The average molecular weight is 143 g/mol. The molecule has 0 saturated carbocycles. The van der Waals surface area contributed by atoms with Crippen molar-refractivity contribution in [1.82, 2.24) is 0 Å². The first-order valence-corrected chi connectivity index (χ1v) is 3.78. The first-order valence-electron chi connectivity index (χ1n) is 3.41. The molecule has 0 radical (unpaired) electrons. The Morgan fingerprint density at radius 3 is 3.11 bits per heavy atom. The predicted octanol–water partition coefficient (Wildman–Crippen LogP) is 3.24. The molecular formula is C8H11Cl. The van der Waals surface area contributed by atoms with Crippen molar-refractivity contribution in [1.29, 1.82) is 0 Å². The number of rotatable bonds is 0. The van der Waals surface area contributed by atoms with Gasteiger partial charge in [-0.1, -0.05) is 23.8 Å². The lowest BCUT2D eigenvalue weighted by atomic mass is 10.1. The topological polar surface area (TPSA) is 0 Å². The summed E-state index contributed by atoms with van der Waals surface area (Å²) in [5.41, 5.74) is 0. The van der Waals surface area contributed by atoms with Gasteiger partial charge in [0.2, 0.25) is 0 Å². The molecule has 0 aromatic heterocycles. The molecule has 1 aliphatic carbocycles. The quantitative estimate of drug-likeness (QED) is 0.487. The third-order valence-corrected chi connectivity index (χ3v) is 1.76. The van der Waals surface area contributed by atoms with Gasteiger partial charge in [-0.25, -0.2) is 0 Å². The molecule has 0 heterocycles. The zero-order valence-corrected chi connectivity index (χ0v) is 6.19. The van der Waals surface area contributed by atoms with E-state index < -0.39 is 0 Å². The van der Waals surface area contributed by atoms with Crippen LogP contribution >= 0.6 is 11.6 Å². The summed E-state index contributed by atoms with van der Waals surface area (Å²) in [5, 5.41) is 0.992. The lowest BCUT2D eigenvalue weighted by Crippen LogP contribution is -1.79. The molecule has 0 unspecified atom stereocenters. The largest absolute Gasteiger partial charge is 0.0892 e. The highest BCUT2D eigenvalue weighted by Crippen LogP contribution is 2.15. The normalized spacial score (nSPS) is 20.3. The molecule has 0 nitrogen and oxygen atoms in total. The SMILES string of the molecule is ClC1=CC=CCCCC1. The van der Waals surface area contributed by atoms with Crippen molar-refractivity contribution in [3.05, 3.63) is 23.3 Å². The zero-order chi connectivity index (χ0) is 6.53. The van der Waals surface area contributed by atoms with Gasteiger partial charge in [-0.05, 0) is 31.8 Å². The molecule has 0 bridgehead atoms. The molecule has 0 aliphatic heterocycles. The minimum absolute atomic E-state index is 0.992. The fraction of sp³-hybridized carbons (Fsp3) is 0.500. The van der Waals surface area contributed by atoms with Crippen molar-refractivity contribution in [2.45, 2.75) is 25.7 Å². The Balaban J connectivity index is 2.48. The molecule has 1 heteroatoms. The van der Waals surface area contributed by atoms with Gasteiger partial charge in [-0.3, -0.25) is 0 Å². The van der Waals surface area contributed by atoms with Gasteiger partial charge in [0.05, 0.1) is 0 Å². The second kappa shape index (κ2) is 3.73. The average Bonchev–Trinajstić information content (AvgIpc) is 1.79. The van der Waals surface area contributed by atoms with Crippen LogP contribution in [0.3, 0.4) is 0 Å². The molecule has 0 N–H and O–H groups in total. The zero-order valence-electron chi connectivity index (χ0n) is 5.44. The molecule has 1 aliphatic rings. The number of halogens is 1. The summed E-state index contributed by atoms with van der Waals surface area (Å²) in [6.07, 6.45) is 11.0. The first kappa shape index (κ1) is 6.88. The summed E-state index contributed by atoms with van der Waals surface area (Å²) in [4.78, 5) is 0. The van der Waals surface area contributed by atoms with E-state index in [1.54, 1.807) is 0 Å². The van der Waals surface area contributed by atoms with Crippen LogP contribution in [0, 0.1) is 0 Å². The molecule has 1 rings (SSSR count). The van der Waals surface area contributed by atoms with Crippen LogP contribution in [0.25, 0.3) is 0 Å². The number of allylic oxidation sites excluding steroid dienone is 4. The standard InChI is InChI=1S/C8H11Cl/c9-8-6-4-2-1-3-5-7-8/h2,4,6H,1,3,5,7H2. The minimum Gasteiger partial charge on any atom is -0.0892 e. The molecule has 0 fully saturated rings. The van der Waals surface area contributed by atoms with Crippen molar-refractivity contribution in [2.75, 3.05) is 0 Å². The molecule has 0 amide bonds. The van der Waals surface area contributed by atoms with Crippen LogP contribution in [-0.4, -0.2) is 0 Å². The molecule has 0 aromatic carbocycles. The van der Waals surface area contributed by atoms with E-state index in [9.17, 15) is 0 Å². The molecule has 9 heavy (non-hydrogen) atoms. The fourth-order valence-electron chi connectivity index (χ4n) is 0.908. The van der Waals surface area contributed by atoms with Crippen LogP contribution in [-0.2, 0) is 0 Å². The third-order valence-electron chi connectivity index (χ3n) is 1.45. The molecule has 0 atom stereocenters. The van der Waals surface area contributed by atoms with Gasteiger partial charge >= 0.3 is 0 Å². The van der Waals surface area contributed by atoms with Gasteiger partial charge in [0.25, 0.3) is 0 Å². The fourth-order valence-corrected chi connectivity index (χ4v) is 1.11. The van der Waals surface area contributed by atoms with E-state index in [0.717, 1.165) is 11.5 Å². The van der Waals surface area contributed by atoms with E-state index in [0.29, 0.717) is 0 Å². The highest BCUT2D eigenvalue weighted by molar-refractivity contribution is 6.29. The second-order valence-electron chi connectivity index (χ2n) is 2.29. The van der Waals surface area contributed by atoms with E-state index in [1.807, 2.05) is 12.2 Å². The van der Waals surface area contributed by atoms with Gasteiger partial charge < -0.3 is 0 Å². The molecule has 0 spiro atoms. The summed E-state index contributed by atoms with van der Waals surface area (Å²) in [6, 6.07) is 0. The van der Waals surface area contributed by atoms with E-state index >= 15 is 0 Å². The summed E-state index contributed by atoms with van der Waals surface area (Å²) in [6.45, 7) is 0. The minimum atomic E-state index is 0.992. The van der Waals surface area contributed by atoms with Gasteiger partial charge in [-0.15, -0.1) is 0 Å². The van der Waals surface area contributed by atoms with Crippen LogP contribution in [0.4, 0.5) is 0 Å². The summed E-state index contributed by atoms with van der Waals surface area (Å²) < 4.78 is 0. The Kier molecular flexibility index (Phi) is 2.85. The van der Waals surface area contributed by atoms with Gasteiger partial charge in [-0.2, -0.15) is 0 Å². The molecule has 50 valence electrons. The van der Waals surface area contributed by atoms with Crippen LogP contribution < -0.4 is 0 Å². The van der Waals surface area contributed by atoms with Crippen LogP contribution in [0.2, 0.25) is 0 Å². The Morgan fingerprint density at radius 2 is 2.22 bits per heavy atom. The third kappa shape index (κ3) is 2.71. The summed E-state index contributed by atoms with van der Waals surface area (Å²) >= 11 is 5.80. The number of hydrogen-bond acceptors (Lipinski definition) is 0. The van der Waals surface area contributed by atoms with E-state index in [-0.39, 0.29) is 0 Å². The van der Waals surface area contributed by atoms with Gasteiger partial charge in [0.1, 0.15) is 0 Å². The summed E-state index contributed by atoms with van der Waals surface area (Å²) in [5.74, 6) is 0. The highest BCUT2D eigenvalue weighted by Gasteiger charge is 1.93. The maximum absolute atomic E-state index is 5.80. The predicted molar refractivity (Wildman–Crippen MR) is 41.5 cm³/mol. The molecule has 0 saturated heterocycles. The first-order chi connectivity index (χ1) is 4.39. The Labute approximate surface area is 61.2 Å². The van der Waals surface area contributed by atoms with Crippen molar-refractivity contribution < 1.29 is 0 Å². The van der Waals surface area contributed by atoms with Crippen LogP contribution in [0.1, 0.15) is 25.7 Å². The maximum atomic E-state index is 5.80. The van der Waals surface area contributed by atoms with Crippen molar-refractivity contribution in [3.63, 3.8) is 0 Å². The molecular weight excluding hydrogens is 132 g/mol. The van der Waals surface area contributed by atoms with E-state index in [1.165, 1.54) is 19.3 Å². The lowest BCUT2D eigenvalue weighted by Gasteiger charge is -1.99. The summed E-state index contributed by atoms with van der Waals surface area (Å²) in [7, 11) is 0. The van der Waals surface area contributed by atoms with E-state index in [2.05, 4.69) is 6.08 Å². The smallest absolute Gasteiger partial charge is 0.0180 e. The van der Waals surface area contributed by atoms with Crippen molar-refractivity contribution >= 4 is 11.6 Å². The Hall–Kier alpha value is -0.230. The second-order valence-corrected chi connectivity index (χ2v) is 2.77. The van der Waals surface area contributed by atoms with E-state index in [4.69, 9.17) is 11.6 Å². The van der Waals surface area contributed by atoms with Crippen molar-refractivity contribution in [2.24, 2.45) is 0 Å². The van der Waals surface area contributed by atoms with Gasteiger partial charge in [0, 0.05) is 5.03 Å². The monoisotopic (exact) mass is 142 g/mol. The molecule has 0 aromatic rings.